The zero-order chi connectivity index (χ0) is 15.5. The third-order valence-electron chi connectivity index (χ3n) is 4.21. The van der Waals surface area contributed by atoms with Gasteiger partial charge in [-0.15, -0.1) is 0 Å². The highest BCUT2D eigenvalue weighted by Gasteiger charge is 2.33. The van der Waals surface area contributed by atoms with Gasteiger partial charge in [-0.25, -0.2) is 4.39 Å². The number of likely N-dealkylation sites (N-methyl/N-ethyl adjacent to an activating group) is 1. The minimum Gasteiger partial charge on any atom is -0.306 e. The number of likely N-dealkylation sites (tertiary alicyclic amines) is 1. The van der Waals surface area contributed by atoms with Crippen molar-refractivity contribution in [2.24, 2.45) is 0 Å². The van der Waals surface area contributed by atoms with Gasteiger partial charge >= 0.3 is 0 Å². The standard InChI is InChI=1S/C17H19ClFN3/c1-22-9-7-16(21-11-13-4-2-3-8-20-13)17(22)12-5-6-14(18)15(19)10-12/h2-6,8,10,16-17,21H,7,9,11H2,1H3/t16-,17-/m1/s1. The van der Waals surface area contributed by atoms with Crippen LogP contribution in [0.15, 0.2) is 42.6 Å². The molecule has 22 heavy (non-hydrogen) atoms. The third kappa shape index (κ3) is 3.29. The first-order chi connectivity index (χ1) is 10.6. The van der Waals surface area contributed by atoms with Crippen LogP contribution in [0.1, 0.15) is 23.7 Å². The molecule has 2 atom stereocenters. The molecule has 116 valence electrons. The molecular weight excluding hydrogens is 301 g/mol. The Kier molecular flexibility index (Phi) is 4.71. The highest BCUT2D eigenvalue weighted by Crippen LogP contribution is 2.32. The molecule has 3 nitrogen and oxygen atoms in total. The molecule has 1 aromatic carbocycles. The van der Waals surface area contributed by atoms with Crippen LogP contribution < -0.4 is 5.32 Å². The van der Waals surface area contributed by atoms with E-state index in [-0.39, 0.29) is 22.9 Å². The molecule has 2 aromatic rings. The summed E-state index contributed by atoms with van der Waals surface area (Å²) in [5.74, 6) is -0.358. The molecule has 0 unspecified atom stereocenters. The SMILES string of the molecule is CN1CC[C@@H](NCc2ccccn2)[C@H]1c1ccc(Cl)c(F)c1. The van der Waals surface area contributed by atoms with Crippen molar-refractivity contribution < 1.29 is 4.39 Å². The lowest BCUT2D eigenvalue weighted by atomic mass is 10.00. The molecule has 2 heterocycles. The quantitative estimate of drug-likeness (QED) is 0.936. The molecular formula is C17H19ClFN3. The van der Waals surface area contributed by atoms with Gasteiger partial charge in [0.05, 0.1) is 10.7 Å². The summed E-state index contributed by atoms with van der Waals surface area (Å²) in [6, 6.07) is 11.4. The van der Waals surface area contributed by atoms with Crippen LogP contribution in [0.25, 0.3) is 0 Å². The Morgan fingerprint density at radius 1 is 1.36 bits per heavy atom. The van der Waals surface area contributed by atoms with Gasteiger partial charge in [0.25, 0.3) is 0 Å². The van der Waals surface area contributed by atoms with E-state index in [2.05, 4.69) is 22.2 Å². The lowest BCUT2D eigenvalue weighted by Gasteiger charge is -2.26. The average molecular weight is 320 g/mol. The Balaban J connectivity index is 1.74. The van der Waals surface area contributed by atoms with Crippen LogP contribution in [0, 0.1) is 5.82 Å². The molecule has 0 spiro atoms. The molecule has 1 aliphatic heterocycles. The van der Waals surface area contributed by atoms with Gasteiger partial charge in [-0.3, -0.25) is 9.88 Å². The van der Waals surface area contributed by atoms with Crippen LogP contribution in [0.2, 0.25) is 5.02 Å². The number of hydrogen-bond acceptors (Lipinski definition) is 3. The Bertz CT molecular complexity index is 635. The minimum absolute atomic E-state index is 0.149. The second kappa shape index (κ2) is 6.73. The summed E-state index contributed by atoms with van der Waals surface area (Å²) in [6.07, 6.45) is 2.82. The van der Waals surface area contributed by atoms with E-state index in [0.29, 0.717) is 6.54 Å². The molecule has 1 fully saturated rings. The van der Waals surface area contributed by atoms with Crippen LogP contribution >= 0.6 is 11.6 Å². The van der Waals surface area contributed by atoms with Crippen molar-refractivity contribution in [2.45, 2.75) is 25.0 Å². The van der Waals surface area contributed by atoms with Gasteiger partial charge in [-0.2, -0.15) is 0 Å². The zero-order valence-electron chi connectivity index (χ0n) is 12.5. The molecule has 5 heteroatoms. The second-order valence-corrected chi connectivity index (χ2v) is 6.10. The van der Waals surface area contributed by atoms with E-state index in [1.807, 2.05) is 24.3 Å². The largest absolute Gasteiger partial charge is 0.306 e. The zero-order valence-corrected chi connectivity index (χ0v) is 13.2. The van der Waals surface area contributed by atoms with E-state index >= 15 is 0 Å². The number of hydrogen-bond donors (Lipinski definition) is 1. The summed E-state index contributed by atoms with van der Waals surface area (Å²) in [5.41, 5.74) is 1.97. The molecule has 1 N–H and O–H groups in total. The highest BCUT2D eigenvalue weighted by atomic mass is 35.5. The smallest absolute Gasteiger partial charge is 0.142 e. The summed E-state index contributed by atoms with van der Waals surface area (Å²) in [6.45, 7) is 1.70. The van der Waals surface area contributed by atoms with Crippen molar-refractivity contribution in [1.82, 2.24) is 15.2 Å². The molecule has 1 aliphatic rings. The van der Waals surface area contributed by atoms with E-state index in [0.717, 1.165) is 24.2 Å². The number of nitrogens with one attached hydrogen (secondary N) is 1. The van der Waals surface area contributed by atoms with Crippen LogP contribution in [0.4, 0.5) is 4.39 Å². The van der Waals surface area contributed by atoms with Gasteiger partial charge in [-0.1, -0.05) is 23.7 Å². The Morgan fingerprint density at radius 2 is 2.23 bits per heavy atom. The maximum Gasteiger partial charge on any atom is 0.142 e. The van der Waals surface area contributed by atoms with Crippen LogP contribution in [-0.2, 0) is 6.54 Å². The van der Waals surface area contributed by atoms with E-state index < -0.39 is 0 Å². The number of halogens is 2. The van der Waals surface area contributed by atoms with Gasteiger partial charge in [0.1, 0.15) is 5.82 Å². The maximum atomic E-state index is 13.8. The Labute approximate surface area is 135 Å². The fraction of sp³-hybridized carbons (Fsp3) is 0.353. The predicted molar refractivity (Wildman–Crippen MR) is 86.3 cm³/mol. The summed E-state index contributed by atoms with van der Waals surface area (Å²) in [5, 5.41) is 3.72. The van der Waals surface area contributed by atoms with Gasteiger partial charge in [0.15, 0.2) is 0 Å². The first kappa shape index (κ1) is 15.4. The van der Waals surface area contributed by atoms with Crippen LogP contribution in [-0.4, -0.2) is 29.5 Å². The molecule has 0 amide bonds. The normalized spacial score (nSPS) is 22.1. The van der Waals surface area contributed by atoms with Crippen LogP contribution in [0.5, 0.6) is 0 Å². The lowest BCUT2D eigenvalue weighted by Crippen LogP contribution is -2.34. The molecule has 0 aliphatic carbocycles. The average Bonchev–Trinajstić information content (AvgIpc) is 2.90. The molecule has 3 rings (SSSR count). The van der Waals surface area contributed by atoms with Gasteiger partial charge in [-0.05, 0) is 43.3 Å². The van der Waals surface area contributed by atoms with Crippen molar-refractivity contribution in [2.75, 3.05) is 13.6 Å². The van der Waals surface area contributed by atoms with E-state index in [1.54, 1.807) is 18.3 Å². The van der Waals surface area contributed by atoms with Crippen molar-refractivity contribution in [3.8, 4) is 0 Å². The number of aromatic nitrogens is 1. The molecule has 1 aromatic heterocycles. The van der Waals surface area contributed by atoms with Gasteiger partial charge < -0.3 is 5.32 Å². The minimum atomic E-state index is -0.358. The molecule has 1 saturated heterocycles. The van der Waals surface area contributed by atoms with Gasteiger partial charge in [0.2, 0.25) is 0 Å². The summed E-state index contributed by atoms with van der Waals surface area (Å²) >= 11 is 5.79. The number of benzene rings is 1. The second-order valence-electron chi connectivity index (χ2n) is 5.70. The Morgan fingerprint density at radius 3 is 2.95 bits per heavy atom. The number of nitrogens with zero attached hydrogens (tertiary/aromatic N) is 2. The summed E-state index contributed by atoms with van der Waals surface area (Å²) in [4.78, 5) is 6.58. The van der Waals surface area contributed by atoms with E-state index in [4.69, 9.17) is 11.6 Å². The van der Waals surface area contributed by atoms with E-state index in [9.17, 15) is 4.39 Å². The fourth-order valence-corrected chi connectivity index (χ4v) is 3.20. The van der Waals surface area contributed by atoms with Crippen molar-refractivity contribution in [3.05, 3.63) is 64.7 Å². The van der Waals surface area contributed by atoms with Crippen molar-refractivity contribution in [1.29, 1.82) is 0 Å². The number of rotatable bonds is 4. The van der Waals surface area contributed by atoms with E-state index in [1.165, 1.54) is 0 Å². The highest BCUT2D eigenvalue weighted by molar-refractivity contribution is 6.30. The van der Waals surface area contributed by atoms with Gasteiger partial charge in [0, 0.05) is 31.4 Å². The molecule has 0 saturated carbocycles. The maximum absolute atomic E-state index is 13.8. The molecule has 0 radical (unpaired) electrons. The molecule has 0 bridgehead atoms. The topological polar surface area (TPSA) is 28.2 Å². The lowest BCUT2D eigenvalue weighted by molar-refractivity contribution is 0.285. The third-order valence-corrected chi connectivity index (χ3v) is 4.51. The monoisotopic (exact) mass is 319 g/mol. The first-order valence-electron chi connectivity index (χ1n) is 7.43. The number of pyridine rings is 1. The fourth-order valence-electron chi connectivity index (χ4n) is 3.08. The first-order valence-corrected chi connectivity index (χ1v) is 7.81. The van der Waals surface area contributed by atoms with Crippen molar-refractivity contribution in [3.63, 3.8) is 0 Å². The summed E-state index contributed by atoms with van der Waals surface area (Å²) < 4.78 is 13.8. The van der Waals surface area contributed by atoms with Crippen molar-refractivity contribution >= 4 is 11.6 Å². The summed E-state index contributed by atoms with van der Waals surface area (Å²) in [7, 11) is 2.07. The Hall–Kier alpha value is -1.49. The van der Waals surface area contributed by atoms with Crippen LogP contribution in [0.3, 0.4) is 0 Å². The predicted octanol–water partition coefficient (Wildman–Crippen LogP) is 3.41.